The zero-order valence-corrected chi connectivity index (χ0v) is 19.3. The molecule has 5 rings (SSSR count). The van der Waals surface area contributed by atoms with Gasteiger partial charge in [0.1, 0.15) is 0 Å². The summed E-state index contributed by atoms with van der Waals surface area (Å²) in [4.78, 5) is 18.2. The van der Waals surface area contributed by atoms with Crippen LogP contribution in [-0.4, -0.2) is 33.0 Å². The molecule has 2 fully saturated rings. The number of nitrogens with zero attached hydrogens (tertiary/aromatic N) is 1. The van der Waals surface area contributed by atoms with Gasteiger partial charge < -0.3 is 10.1 Å². The minimum absolute atomic E-state index is 0.177. The lowest BCUT2D eigenvalue weighted by Gasteiger charge is -2.30. The molecule has 0 atom stereocenters. The van der Waals surface area contributed by atoms with E-state index in [4.69, 9.17) is 4.74 Å². The lowest BCUT2D eigenvalue weighted by Crippen LogP contribution is -2.40. The number of aromatic nitrogens is 1. The third kappa shape index (κ3) is 3.36. The van der Waals surface area contributed by atoms with E-state index in [0.29, 0.717) is 31.1 Å². The molecule has 0 spiro atoms. The first-order valence-electron chi connectivity index (χ1n) is 11.3. The first kappa shape index (κ1) is 21.2. The van der Waals surface area contributed by atoms with Crippen LogP contribution in [0.25, 0.3) is 0 Å². The normalized spacial score (nSPS) is 19.3. The van der Waals surface area contributed by atoms with Crippen molar-refractivity contribution in [1.82, 2.24) is 9.71 Å². The second-order valence-electron chi connectivity index (χ2n) is 9.18. The van der Waals surface area contributed by atoms with E-state index in [2.05, 4.69) is 15.0 Å². The number of carbonyl (C=O) groups is 1. The SMILES string of the molecule is COc1ncc(C2CCC2)c(C)c1C1(C(=O)NS(=O)(=O)c2cccc3c2CCCN3)CC1. The molecular formula is C24H29N3O4S. The van der Waals surface area contributed by atoms with Gasteiger partial charge in [-0.15, -0.1) is 0 Å². The zero-order chi connectivity index (χ0) is 22.5. The first-order chi connectivity index (χ1) is 15.4. The third-order valence-corrected chi connectivity index (χ3v) is 8.73. The molecule has 2 N–H and O–H groups in total. The van der Waals surface area contributed by atoms with Crippen LogP contribution in [0.3, 0.4) is 0 Å². The Kier molecular flexibility index (Phi) is 5.15. The minimum atomic E-state index is -4.01. The summed E-state index contributed by atoms with van der Waals surface area (Å²) in [6.45, 7) is 2.82. The Morgan fingerprint density at radius 2 is 2.03 bits per heavy atom. The van der Waals surface area contributed by atoms with E-state index in [0.717, 1.165) is 53.7 Å². The fourth-order valence-corrected chi connectivity index (χ4v) is 6.51. The Morgan fingerprint density at radius 3 is 2.69 bits per heavy atom. The monoisotopic (exact) mass is 455 g/mol. The maximum absolute atomic E-state index is 13.5. The van der Waals surface area contributed by atoms with Crippen LogP contribution in [-0.2, 0) is 26.7 Å². The van der Waals surface area contributed by atoms with Gasteiger partial charge in [0.25, 0.3) is 10.0 Å². The lowest BCUT2D eigenvalue weighted by atomic mass is 9.77. The van der Waals surface area contributed by atoms with Gasteiger partial charge >= 0.3 is 0 Å². The van der Waals surface area contributed by atoms with E-state index >= 15 is 0 Å². The number of fused-ring (bicyclic) bond motifs is 1. The predicted octanol–water partition coefficient (Wildman–Crippen LogP) is 3.56. The van der Waals surface area contributed by atoms with Crippen molar-refractivity contribution < 1.29 is 17.9 Å². The Balaban J connectivity index is 1.49. The quantitative estimate of drug-likeness (QED) is 0.691. The fraction of sp³-hybridized carbons (Fsp3) is 0.500. The largest absolute Gasteiger partial charge is 0.481 e. The number of methoxy groups -OCH3 is 1. The van der Waals surface area contributed by atoms with Gasteiger partial charge in [-0.3, -0.25) is 4.79 Å². The summed E-state index contributed by atoms with van der Waals surface area (Å²) in [5.74, 6) is 0.378. The molecule has 2 aliphatic carbocycles. The van der Waals surface area contributed by atoms with Gasteiger partial charge in [0.15, 0.2) is 0 Å². The number of rotatable bonds is 6. The van der Waals surface area contributed by atoms with E-state index < -0.39 is 21.3 Å². The maximum atomic E-state index is 13.5. The van der Waals surface area contributed by atoms with Crippen LogP contribution in [0.1, 0.15) is 66.7 Å². The van der Waals surface area contributed by atoms with Crippen LogP contribution < -0.4 is 14.8 Å². The Hall–Kier alpha value is -2.61. The number of hydrogen-bond donors (Lipinski definition) is 2. The second kappa shape index (κ2) is 7.76. The molecule has 3 aliphatic rings. The van der Waals surface area contributed by atoms with Crippen molar-refractivity contribution in [3.63, 3.8) is 0 Å². The molecule has 7 nitrogen and oxygen atoms in total. The summed E-state index contributed by atoms with van der Waals surface area (Å²) >= 11 is 0. The molecule has 1 amide bonds. The van der Waals surface area contributed by atoms with Crippen molar-refractivity contribution in [3.8, 4) is 5.88 Å². The highest BCUT2D eigenvalue weighted by Gasteiger charge is 2.55. The van der Waals surface area contributed by atoms with Gasteiger partial charge in [0.05, 0.1) is 17.4 Å². The second-order valence-corrected chi connectivity index (χ2v) is 10.8. The van der Waals surface area contributed by atoms with E-state index in [9.17, 15) is 13.2 Å². The van der Waals surface area contributed by atoms with Gasteiger partial charge in [0.2, 0.25) is 11.8 Å². The van der Waals surface area contributed by atoms with E-state index in [-0.39, 0.29) is 4.90 Å². The highest BCUT2D eigenvalue weighted by atomic mass is 32.2. The summed E-state index contributed by atoms with van der Waals surface area (Å²) in [7, 11) is -2.46. The zero-order valence-electron chi connectivity index (χ0n) is 18.5. The van der Waals surface area contributed by atoms with Crippen molar-refractivity contribution in [3.05, 3.63) is 46.6 Å². The topological polar surface area (TPSA) is 97.4 Å². The summed E-state index contributed by atoms with van der Waals surface area (Å²) in [5.41, 5.74) is 3.55. The summed E-state index contributed by atoms with van der Waals surface area (Å²) < 4.78 is 34.5. The molecule has 1 aromatic heterocycles. The van der Waals surface area contributed by atoms with Crippen molar-refractivity contribution in [1.29, 1.82) is 0 Å². The molecule has 0 unspecified atom stereocenters. The average Bonchev–Trinajstić information content (AvgIpc) is 3.54. The van der Waals surface area contributed by atoms with E-state index in [1.165, 1.54) is 6.42 Å². The van der Waals surface area contributed by atoms with E-state index in [1.54, 1.807) is 19.2 Å². The van der Waals surface area contributed by atoms with Gasteiger partial charge in [-0.2, -0.15) is 0 Å². The molecule has 8 heteroatoms. The van der Waals surface area contributed by atoms with Crippen molar-refractivity contribution >= 4 is 21.6 Å². The molecule has 1 aromatic carbocycles. The highest BCUT2D eigenvalue weighted by molar-refractivity contribution is 7.90. The number of anilines is 1. The summed E-state index contributed by atoms with van der Waals surface area (Å²) in [6, 6.07) is 5.16. The van der Waals surface area contributed by atoms with E-state index in [1.807, 2.05) is 19.2 Å². The molecule has 0 bridgehead atoms. The molecule has 2 heterocycles. The van der Waals surface area contributed by atoms with Crippen molar-refractivity contribution in [2.24, 2.45) is 0 Å². The molecule has 0 radical (unpaired) electrons. The van der Waals surface area contributed by atoms with Crippen LogP contribution >= 0.6 is 0 Å². The number of sulfonamides is 1. The van der Waals surface area contributed by atoms with Gasteiger partial charge in [0, 0.05) is 24.0 Å². The van der Waals surface area contributed by atoms with Gasteiger partial charge in [-0.25, -0.2) is 18.1 Å². The lowest BCUT2D eigenvalue weighted by molar-refractivity contribution is -0.121. The fourth-order valence-electron chi connectivity index (χ4n) is 5.16. The molecule has 1 aliphatic heterocycles. The smallest absolute Gasteiger partial charge is 0.264 e. The number of benzene rings is 1. The third-order valence-electron chi connectivity index (χ3n) is 7.31. The molecular weight excluding hydrogens is 426 g/mol. The van der Waals surface area contributed by atoms with Crippen LogP contribution in [0.15, 0.2) is 29.3 Å². The average molecular weight is 456 g/mol. The van der Waals surface area contributed by atoms with Crippen molar-refractivity contribution in [2.75, 3.05) is 19.0 Å². The number of carbonyl (C=O) groups excluding carboxylic acids is 1. The molecule has 0 saturated heterocycles. The standard InChI is InChI=1S/C24H29N3O4S/c1-15-18(16-6-3-7-16)14-26-22(31-2)21(15)24(11-12-24)23(28)27-32(29,30)20-10-4-9-19-17(20)8-5-13-25-19/h4,9-10,14,16,25H,3,5-8,11-13H2,1-2H3,(H,27,28). The minimum Gasteiger partial charge on any atom is -0.481 e. The number of ether oxygens (including phenoxy) is 1. The van der Waals surface area contributed by atoms with Crippen molar-refractivity contribution in [2.45, 2.75) is 68.1 Å². The Labute approximate surface area is 189 Å². The van der Waals surface area contributed by atoms with Gasteiger partial charge in [-0.1, -0.05) is 12.5 Å². The number of pyridine rings is 1. The van der Waals surface area contributed by atoms with Gasteiger partial charge in [-0.05, 0) is 80.2 Å². The predicted molar refractivity (Wildman–Crippen MR) is 122 cm³/mol. The molecule has 2 aromatic rings. The number of amides is 1. The van der Waals surface area contributed by atoms with Crippen LogP contribution in [0.5, 0.6) is 5.88 Å². The summed E-state index contributed by atoms with van der Waals surface area (Å²) in [5, 5.41) is 3.25. The Bertz CT molecular complexity index is 1180. The Morgan fingerprint density at radius 1 is 1.25 bits per heavy atom. The molecule has 2 saturated carbocycles. The molecule has 170 valence electrons. The highest BCUT2D eigenvalue weighted by Crippen LogP contribution is 2.54. The first-order valence-corrected chi connectivity index (χ1v) is 12.8. The number of hydrogen-bond acceptors (Lipinski definition) is 6. The number of nitrogens with one attached hydrogen (secondary N) is 2. The molecule has 32 heavy (non-hydrogen) atoms. The van der Waals surface area contributed by atoms with Crippen LogP contribution in [0, 0.1) is 6.92 Å². The van der Waals surface area contributed by atoms with Crippen LogP contribution in [0.2, 0.25) is 0 Å². The van der Waals surface area contributed by atoms with Crippen LogP contribution in [0.4, 0.5) is 5.69 Å². The maximum Gasteiger partial charge on any atom is 0.264 e. The summed E-state index contributed by atoms with van der Waals surface area (Å²) in [6.07, 6.45) is 7.98.